The number of hydrogen-bond acceptors (Lipinski definition) is 2. The summed E-state index contributed by atoms with van der Waals surface area (Å²) in [7, 11) is 0. The molecule has 3 heteroatoms. The third-order valence-electron chi connectivity index (χ3n) is 1.63. The Bertz CT molecular complexity index is 242. The van der Waals surface area contributed by atoms with E-state index in [1.165, 1.54) is 5.57 Å². The maximum atomic E-state index is 10.8. The molecule has 0 aliphatic carbocycles. The van der Waals surface area contributed by atoms with Crippen LogP contribution in [0.15, 0.2) is 16.6 Å². The first-order valence-corrected chi connectivity index (χ1v) is 4.28. The summed E-state index contributed by atoms with van der Waals surface area (Å²) in [5.41, 5.74) is 1.28. The molecular formula is C7H7NOS. The molecule has 2 nitrogen and oxygen atoms in total. The highest BCUT2D eigenvalue weighted by atomic mass is 32.2. The Balaban J connectivity index is 2.35. The second-order valence-electron chi connectivity index (χ2n) is 2.34. The van der Waals surface area contributed by atoms with Gasteiger partial charge in [0.05, 0.1) is 0 Å². The molecule has 1 saturated heterocycles. The van der Waals surface area contributed by atoms with Crippen molar-refractivity contribution in [3.05, 3.63) is 11.6 Å². The molecule has 0 aromatic rings. The standard InChI is InChI=1S/C7H7NOS/c9-6-2-1-5-3-4-10-7(5)8-6/h1H,2-4H2. The number of thioether (sulfide) groups is 1. The number of amides is 1. The summed E-state index contributed by atoms with van der Waals surface area (Å²) in [6.45, 7) is 0. The first-order chi connectivity index (χ1) is 4.86. The van der Waals surface area contributed by atoms with E-state index in [9.17, 15) is 4.79 Å². The number of fused-ring (bicyclic) bond motifs is 1. The molecule has 1 amide bonds. The van der Waals surface area contributed by atoms with Gasteiger partial charge >= 0.3 is 0 Å². The van der Waals surface area contributed by atoms with E-state index in [1.807, 2.05) is 6.08 Å². The molecule has 0 bridgehead atoms. The molecule has 0 aromatic heterocycles. The zero-order chi connectivity index (χ0) is 6.97. The molecule has 0 radical (unpaired) electrons. The summed E-state index contributed by atoms with van der Waals surface area (Å²) in [6, 6.07) is 0. The zero-order valence-corrected chi connectivity index (χ0v) is 6.28. The van der Waals surface area contributed by atoms with E-state index in [0.717, 1.165) is 17.2 Å². The second kappa shape index (κ2) is 2.23. The van der Waals surface area contributed by atoms with Gasteiger partial charge in [-0.2, -0.15) is 0 Å². The molecule has 0 N–H and O–H groups in total. The van der Waals surface area contributed by atoms with Crippen LogP contribution in [0.5, 0.6) is 0 Å². The minimum atomic E-state index is 0.00755. The van der Waals surface area contributed by atoms with Gasteiger partial charge in [-0.3, -0.25) is 4.79 Å². The van der Waals surface area contributed by atoms with E-state index < -0.39 is 0 Å². The summed E-state index contributed by atoms with van der Waals surface area (Å²) in [4.78, 5) is 14.7. The van der Waals surface area contributed by atoms with Gasteiger partial charge in [-0.05, 0) is 12.0 Å². The minimum Gasteiger partial charge on any atom is -0.272 e. The number of dihydropyridines is 1. The Labute approximate surface area is 63.4 Å². The van der Waals surface area contributed by atoms with Crippen LogP contribution in [0.1, 0.15) is 12.8 Å². The molecule has 2 aliphatic rings. The van der Waals surface area contributed by atoms with E-state index in [2.05, 4.69) is 4.99 Å². The van der Waals surface area contributed by atoms with Gasteiger partial charge in [-0.25, -0.2) is 4.99 Å². The molecule has 10 heavy (non-hydrogen) atoms. The van der Waals surface area contributed by atoms with Crippen molar-refractivity contribution in [3.8, 4) is 0 Å². The van der Waals surface area contributed by atoms with Crippen molar-refractivity contribution in [1.82, 2.24) is 0 Å². The van der Waals surface area contributed by atoms with E-state index >= 15 is 0 Å². The van der Waals surface area contributed by atoms with Crippen LogP contribution in [0.2, 0.25) is 0 Å². The monoisotopic (exact) mass is 153 g/mol. The summed E-state index contributed by atoms with van der Waals surface area (Å²) >= 11 is 1.69. The summed E-state index contributed by atoms with van der Waals surface area (Å²) in [5, 5.41) is 0.969. The van der Waals surface area contributed by atoms with Crippen molar-refractivity contribution in [2.45, 2.75) is 12.8 Å². The predicted molar refractivity (Wildman–Crippen MR) is 42.2 cm³/mol. The highest BCUT2D eigenvalue weighted by Gasteiger charge is 2.20. The number of carbonyl (C=O) groups excluding carboxylic acids is 1. The number of nitrogens with zero attached hydrogens (tertiary/aromatic N) is 1. The Morgan fingerprint density at radius 2 is 2.50 bits per heavy atom. The third kappa shape index (κ3) is 0.904. The fourth-order valence-corrected chi connectivity index (χ4v) is 2.17. The quantitative estimate of drug-likeness (QED) is 0.526. The van der Waals surface area contributed by atoms with Gasteiger partial charge in [0, 0.05) is 12.2 Å². The van der Waals surface area contributed by atoms with Gasteiger partial charge in [0.1, 0.15) is 5.04 Å². The van der Waals surface area contributed by atoms with Gasteiger partial charge in [0.25, 0.3) is 5.91 Å². The Kier molecular flexibility index (Phi) is 1.38. The number of carbonyl (C=O) groups is 1. The SMILES string of the molecule is O=C1CC=C2CCSC2=N1. The van der Waals surface area contributed by atoms with Gasteiger partial charge in [-0.1, -0.05) is 6.08 Å². The maximum absolute atomic E-state index is 10.8. The Morgan fingerprint density at radius 3 is 3.40 bits per heavy atom. The van der Waals surface area contributed by atoms with Gasteiger partial charge in [0.2, 0.25) is 0 Å². The number of hydrogen-bond donors (Lipinski definition) is 0. The number of aliphatic imine (C=N–C) groups is 1. The molecule has 0 spiro atoms. The summed E-state index contributed by atoms with van der Waals surface area (Å²) < 4.78 is 0. The zero-order valence-electron chi connectivity index (χ0n) is 5.46. The van der Waals surface area contributed by atoms with Crippen LogP contribution in [0.3, 0.4) is 0 Å². The predicted octanol–water partition coefficient (Wildman–Crippen LogP) is 1.38. The topological polar surface area (TPSA) is 29.4 Å². The molecule has 0 aromatic carbocycles. The molecular weight excluding hydrogens is 146 g/mol. The van der Waals surface area contributed by atoms with Crippen LogP contribution < -0.4 is 0 Å². The highest BCUT2D eigenvalue weighted by Crippen LogP contribution is 2.29. The van der Waals surface area contributed by atoms with Crippen molar-refractivity contribution < 1.29 is 4.79 Å². The fourth-order valence-electron chi connectivity index (χ4n) is 1.12. The highest BCUT2D eigenvalue weighted by molar-refractivity contribution is 8.14. The fraction of sp³-hybridized carbons (Fsp3) is 0.429. The first kappa shape index (κ1) is 6.16. The van der Waals surface area contributed by atoms with Crippen LogP contribution in [-0.4, -0.2) is 16.7 Å². The smallest absolute Gasteiger partial charge is 0.250 e. The average molecular weight is 153 g/mol. The minimum absolute atomic E-state index is 0.00755. The normalized spacial score (nSPS) is 23.8. The van der Waals surface area contributed by atoms with E-state index in [1.54, 1.807) is 11.8 Å². The number of rotatable bonds is 0. The first-order valence-electron chi connectivity index (χ1n) is 3.30. The Hall–Kier alpha value is -0.570. The molecule has 1 fully saturated rings. The second-order valence-corrected chi connectivity index (χ2v) is 3.43. The van der Waals surface area contributed by atoms with Gasteiger partial charge in [-0.15, -0.1) is 11.8 Å². The lowest BCUT2D eigenvalue weighted by Crippen LogP contribution is -2.03. The molecule has 0 unspecified atom stereocenters. The molecule has 52 valence electrons. The van der Waals surface area contributed by atoms with Crippen molar-refractivity contribution in [3.63, 3.8) is 0 Å². The lowest BCUT2D eigenvalue weighted by atomic mass is 10.1. The third-order valence-corrected chi connectivity index (χ3v) is 2.67. The molecule has 2 heterocycles. The van der Waals surface area contributed by atoms with Gasteiger partial charge < -0.3 is 0 Å². The average Bonchev–Trinajstić information content (AvgIpc) is 2.33. The van der Waals surface area contributed by atoms with Crippen molar-refractivity contribution in [1.29, 1.82) is 0 Å². The lowest BCUT2D eigenvalue weighted by Gasteiger charge is -2.02. The molecule has 2 rings (SSSR count). The Morgan fingerprint density at radius 1 is 1.60 bits per heavy atom. The molecule has 0 saturated carbocycles. The van der Waals surface area contributed by atoms with Crippen molar-refractivity contribution in [2.75, 3.05) is 5.75 Å². The maximum Gasteiger partial charge on any atom is 0.250 e. The van der Waals surface area contributed by atoms with Crippen LogP contribution in [0.4, 0.5) is 0 Å². The largest absolute Gasteiger partial charge is 0.272 e. The molecule has 2 aliphatic heterocycles. The van der Waals surface area contributed by atoms with Crippen molar-refractivity contribution in [2.24, 2.45) is 4.99 Å². The van der Waals surface area contributed by atoms with Crippen molar-refractivity contribution >= 4 is 22.7 Å². The van der Waals surface area contributed by atoms with Crippen LogP contribution in [0.25, 0.3) is 0 Å². The van der Waals surface area contributed by atoms with E-state index in [0.29, 0.717) is 6.42 Å². The van der Waals surface area contributed by atoms with E-state index in [-0.39, 0.29) is 5.91 Å². The lowest BCUT2D eigenvalue weighted by molar-refractivity contribution is -0.117. The van der Waals surface area contributed by atoms with Crippen LogP contribution in [-0.2, 0) is 4.79 Å². The van der Waals surface area contributed by atoms with E-state index in [4.69, 9.17) is 0 Å². The molecule has 0 atom stereocenters. The van der Waals surface area contributed by atoms with Crippen LogP contribution in [0, 0.1) is 0 Å². The van der Waals surface area contributed by atoms with Gasteiger partial charge in [0.15, 0.2) is 0 Å². The summed E-state index contributed by atoms with van der Waals surface area (Å²) in [5.74, 6) is 1.10. The summed E-state index contributed by atoms with van der Waals surface area (Å²) in [6.07, 6.45) is 3.61. The van der Waals surface area contributed by atoms with Crippen LogP contribution >= 0.6 is 11.8 Å².